The van der Waals surface area contributed by atoms with Crippen molar-refractivity contribution in [1.29, 1.82) is 0 Å². The number of hydrazone groups is 1. The van der Waals surface area contributed by atoms with Crippen molar-refractivity contribution >= 4 is 17.5 Å². The van der Waals surface area contributed by atoms with Crippen LogP contribution in [0.15, 0.2) is 89.5 Å². The zero-order chi connectivity index (χ0) is 21.9. The third-order valence-corrected chi connectivity index (χ3v) is 6.45. The van der Waals surface area contributed by atoms with Crippen molar-refractivity contribution in [3.8, 4) is 11.5 Å². The van der Waals surface area contributed by atoms with E-state index in [0.29, 0.717) is 5.92 Å². The summed E-state index contributed by atoms with van der Waals surface area (Å²) < 4.78 is 11.4. The summed E-state index contributed by atoms with van der Waals surface area (Å²) >= 11 is 0. The van der Waals surface area contributed by atoms with Crippen LogP contribution >= 0.6 is 0 Å². The minimum atomic E-state index is 0.102. The number of ether oxygens (including phenoxy) is 2. The van der Waals surface area contributed by atoms with Gasteiger partial charge in [0.1, 0.15) is 11.5 Å². The molecule has 32 heavy (non-hydrogen) atoms. The minimum Gasteiger partial charge on any atom is -0.496 e. The number of rotatable bonds is 5. The van der Waals surface area contributed by atoms with Gasteiger partial charge in [-0.1, -0.05) is 54.6 Å². The summed E-state index contributed by atoms with van der Waals surface area (Å²) in [6.07, 6.45) is 5.53. The van der Waals surface area contributed by atoms with Gasteiger partial charge in [-0.2, -0.15) is 5.10 Å². The largest absolute Gasteiger partial charge is 0.496 e. The highest BCUT2D eigenvalue weighted by molar-refractivity contribution is 6.08. The minimum absolute atomic E-state index is 0.102. The second-order valence-electron chi connectivity index (χ2n) is 8.26. The van der Waals surface area contributed by atoms with Crippen molar-refractivity contribution in [2.45, 2.75) is 25.3 Å². The van der Waals surface area contributed by atoms with Crippen molar-refractivity contribution in [3.63, 3.8) is 0 Å². The normalized spacial score (nSPS) is 21.2. The van der Waals surface area contributed by atoms with E-state index in [9.17, 15) is 0 Å². The van der Waals surface area contributed by atoms with Gasteiger partial charge in [-0.05, 0) is 55.2 Å². The summed E-state index contributed by atoms with van der Waals surface area (Å²) in [4.78, 5) is 0. The van der Waals surface area contributed by atoms with Crippen LogP contribution in [0, 0.1) is 5.92 Å². The first-order valence-corrected chi connectivity index (χ1v) is 11.2. The number of para-hydroxylation sites is 3. The molecule has 1 aliphatic carbocycles. The van der Waals surface area contributed by atoms with E-state index in [-0.39, 0.29) is 6.04 Å². The zero-order valence-electron chi connectivity index (χ0n) is 18.6. The fourth-order valence-corrected chi connectivity index (χ4v) is 4.99. The Labute approximate surface area is 189 Å². The maximum atomic E-state index is 5.77. The fourth-order valence-electron chi connectivity index (χ4n) is 4.99. The molecule has 0 N–H and O–H groups in total. The van der Waals surface area contributed by atoms with Gasteiger partial charge in [-0.15, -0.1) is 0 Å². The van der Waals surface area contributed by atoms with E-state index >= 15 is 0 Å². The van der Waals surface area contributed by atoms with Crippen molar-refractivity contribution in [1.82, 2.24) is 0 Å². The molecular formula is C28H28N2O2. The average Bonchev–Trinajstić information content (AvgIpc) is 3.25. The number of anilines is 1. The van der Waals surface area contributed by atoms with Crippen LogP contribution in [-0.2, 0) is 0 Å². The molecule has 1 heterocycles. The van der Waals surface area contributed by atoms with Gasteiger partial charge >= 0.3 is 0 Å². The highest BCUT2D eigenvalue weighted by atomic mass is 16.5. The van der Waals surface area contributed by atoms with Crippen molar-refractivity contribution < 1.29 is 9.47 Å². The van der Waals surface area contributed by atoms with Crippen LogP contribution < -0.4 is 14.5 Å². The Hall–Kier alpha value is -3.53. The molecule has 1 fully saturated rings. The molecule has 0 bridgehead atoms. The maximum Gasteiger partial charge on any atom is 0.126 e. The van der Waals surface area contributed by atoms with Crippen LogP contribution in [-0.4, -0.2) is 19.9 Å². The van der Waals surface area contributed by atoms with E-state index in [1.165, 1.54) is 16.8 Å². The molecule has 1 aliphatic heterocycles. The van der Waals surface area contributed by atoms with Gasteiger partial charge in [0.05, 0.1) is 31.7 Å². The Morgan fingerprint density at radius 2 is 1.53 bits per heavy atom. The Bertz CT molecular complexity index is 1150. The molecule has 0 amide bonds. The van der Waals surface area contributed by atoms with Gasteiger partial charge < -0.3 is 9.47 Å². The Morgan fingerprint density at radius 3 is 2.31 bits per heavy atom. The number of hydrogen-bond acceptors (Lipinski definition) is 4. The number of hydrogen-bond donors (Lipinski definition) is 0. The molecule has 0 spiro atoms. The molecule has 4 heteroatoms. The van der Waals surface area contributed by atoms with Crippen molar-refractivity contribution in [3.05, 3.63) is 95.6 Å². The molecule has 0 saturated heterocycles. The summed E-state index contributed by atoms with van der Waals surface area (Å²) in [7, 11) is 3.47. The molecule has 162 valence electrons. The summed E-state index contributed by atoms with van der Waals surface area (Å²) in [6, 6.07) is 27.1. The van der Waals surface area contributed by atoms with E-state index in [2.05, 4.69) is 59.6 Å². The predicted octanol–water partition coefficient (Wildman–Crippen LogP) is 6.50. The molecule has 0 radical (unpaired) electrons. The van der Waals surface area contributed by atoms with Crippen LogP contribution in [0.3, 0.4) is 0 Å². The van der Waals surface area contributed by atoms with Gasteiger partial charge in [0.2, 0.25) is 0 Å². The SMILES string of the molecule is COc1ccccc1/C=C1\CCC[C@H]2C1=NN(c1ccccc1)[C@@H]2c1ccccc1OC. The summed E-state index contributed by atoms with van der Waals surface area (Å²) in [6.45, 7) is 0. The highest BCUT2D eigenvalue weighted by Gasteiger charge is 2.43. The van der Waals surface area contributed by atoms with Crippen LogP contribution in [0.5, 0.6) is 11.5 Å². The summed E-state index contributed by atoms with van der Waals surface area (Å²) in [5, 5.41) is 7.43. The average molecular weight is 425 g/mol. The van der Waals surface area contributed by atoms with Gasteiger partial charge in [0.25, 0.3) is 0 Å². The fraction of sp³-hybridized carbons (Fsp3) is 0.250. The Morgan fingerprint density at radius 1 is 0.844 bits per heavy atom. The molecule has 3 aromatic rings. The van der Waals surface area contributed by atoms with E-state index in [1.807, 2.05) is 30.3 Å². The second kappa shape index (κ2) is 8.91. The van der Waals surface area contributed by atoms with Gasteiger partial charge in [-0.3, -0.25) is 5.01 Å². The maximum absolute atomic E-state index is 5.77. The lowest BCUT2D eigenvalue weighted by molar-refractivity contribution is 0.395. The van der Waals surface area contributed by atoms with E-state index in [4.69, 9.17) is 14.6 Å². The first-order chi connectivity index (χ1) is 15.8. The molecule has 3 aromatic carbocycles. The molecule has 0 aromatic heterocycles. The Balaban J connectivity index is 1.62. The predicted molar refractivity (Wildman–Crippen MR) is 130 cm³/mol. The molecule has 1 saturated carbocycles. The number of allylic oxidation sites excluding steroid dienone is 1. The smallest absolute Gasteiger partial charge is 0.126 e. The topological polar surface area (TPSA) is 34.1 Å². The van der Waals surface area contributed by atoms with Crippen LogP contribution in [0.4, 0.5) is 5.69 Å². The Kier molecular flexibility index (Phi) is 5.68. The molecule has 2 atom stereocenters. The standard InChI is InChI=1S/C28H28N2O2/c1-31-25-17-8-6-11-20(25)19-21-12-10-16-24-27(21)29-30(22-13-4-3-5-14-22)28(24)23-15-7-9-18-26(23)32-2/h3-9,11,13-15,17-19,24,28H,10,12,16H2,1-2H3/b21-19+/t24-,28+/m0/s1. The second-order valence-corrected chi connectivity index (χ2v) is 8.26. The quantitative estimate of drug-likeness (QED) is 0.468. The number of benzene rings is 3. The number of fused-ring (bicyclic) bond motifs is 1. The third-order valence-electron chi connectivity index (χ3n) is 6.45. The van der Waals surface area contributed by atoms with Crippen LogP contribution in [0.25, 0.3) is 6.08 Å². The summed E-state index contributed by atoms with van der Waals surface area (Å²) in [5.41, 5.74) is 5.86. The lowest BCUT2D eigenvalue weighted by Gasteiger charge is -2.31. The number of nitrogens with zero attached hydrogens (tertiary/aromatic N) is 2. The molecule has 2 aliphatic rings. The first kappa shape index (κ1) is 20.4. The summed E-state index contributed by atoms with van der Waals surface area (Å²) in [5.74, 6) is 2.11. The van der Waals surface area contributed by atoms with Gasteiger partial charge in [-0.25, -0.2) is 0 Å². The third kappa shape index (κ3) is 3.66. The van der Waals surface area contributed by atoms with Crippen LogP contribution in [0.1, 0.15) is 36.4 Å². The van der Waals surface area contributed by atoms with E-state index < -0.39 is 0 Å². The number of methoxy groups -OCH3 is 2. The lowest BCUT2D eigenvalue weighted by atomic mass is 9.77. The van der Waals surface area contributed by atoms with E-state index in [1.54, 1.807) is 14.2 Å². The molecular weight excluding hydrogens is 396 g/mol. The monoisotopic (exact) mass is 424 g/mol. The molecule has 0 unspecified atom stereocenters. The highest BCUT2D eigenvalue weighted by Crippen LogP contribution is 2.48. The lowest BCUT2D eigenvalue weighted by Crippen LogP contribution is -2.28. The first-order valence-electron chi connectivity index (χ1n) is 11.2. The van der Waals surface area contributed by atoms with Gasteiger partial charge in [0, 0.05) is 17.0 Å². The van der Waals surface area contributed by atoms with E-state index in [0.717, 1.165) is 42.0 Å². The van der Waals surface area contributed by atoms with Crippen LogP contribution in [0.2, 0.25) is 0 Å². The molecule has 4 nitrogen and oxygen atoms in total. The zero-order valence-corrected chi connectivity index (χ0v) is 18.6. The van der Waals surface area contributed by atoms with Gasteiger partial charge in [0.15, 0.2) is 0 Å². The van der Waals surface area contributed by atoms with Crippen molar-refractivity contribution in [2.75, 3.05) is 19.2 Å². The van der Waals surface area contributed by atoms with Crippen molar-refractivity contribution in [2.24, 2.45) is 11.0 Å². The molecule has 5 rings (SSSR count).